The van der Waals surface area contributed by atoms with Gasteiger partial charge < -0.3 is 20.6 Å². The first-order chi connectivity index (χ1) is 9.70. The number of nitrogens with one attached hydrogen (secondary N) is 1. The van der Waals surface area contributed by atoms with Crippen LogP contribution in [0.25, 0.3) is 0 Å². The van der Waals surface area contributed by atoms with Crippen LogP contribution in [0, 0.1) is 0 Å². The van der Waals surface area contributed by atoms with Crippen LogP contribution in [-0.2, 0) is 9.59 Å². The van der Waals surface area contributed by atoms with E-state index in [-0.39, 0.29) is 22.4 Å². The second-order valence-electron chi connectivity index (χ2n) is 4.03. The molecule has 0 aliphatic rings. The van der Waals surface area contributed by atoms with Gasteiger partial charge in [-0.2, -0.15) is 0 Å². The number of aromatic carboxylic acids is 2. The van der Waals surface area contributed by atoms with Gasteiger partial charge in [-0.3, -0.25) is 4.79 Å². The number of hydrogen-bond donors (Lipinski definition) is 4. The Morgan fingerprint density at radius 1 is 0.952 bits per heavy atom. The Kier molecular flexibility index (Phi) is 4.79. The van der Waals surface area contributed by atoms with Crippen molar-refractivity contribution in [2.24, 2.45) is 0 Å². The lowest BCUT2D eigenvalue weighted by atomic mass is 10.1. The minimum Gasteiger partial charge on any atom is -0.478 e. The van der Waals surface area contributed by atoms with Crippen molar-refractivity contribution in [1.29, 1.82) is 0 Å². The zero-order chi connectivity index (χ0) is 16.2. The summed E-state index contributed by atoms with van der Waals surface area (Å²) in [7, 11) is 0. The Balaban J connectivity index is 3.11. The number of hydrogen-bond acceptors (Lipinski definition) is 4. The highest BCUT2D eigenvalue weighted by Gasteiger charge is 2.13. The molecule has 0 aliphatic heterocycles. The zero-order valence-corrected chi connectivity index (χ0v) is 10.8. The molecule has 1 amide bonds. The van der Waals surface area contributed by atoms with Crippen molar-refractivity contribution in [2.75, 3.05) is 5.32 Å². The first-order valence-electron chi connectivity index (χ1n) is 5.55. The number of carbonyl (C=O) groups excluding carboxylic acids is 1. The molecule has 0 spiro atoms. The summed E-state index contributed by atoms with van der Waals surface area (Å²) in [6.45, 7) is 1.21. The molecule has 1 aromatic carbocycles. The highest BCUT2D eigenvalue weighted by Crippen LogP contribution is 2.16. The van der Waals surface area contributed by atoms with Gasteiger partial charge in [0.15, 0.2) is 0 Å². The molecule has 0 aliphatic carbocycles. The van der Waals surface area contributed by atoms with Gasteiger partial charge in [-0.15, -0.1) is 0 Å². The predicted octanol–water partition coefficient (Wildman–Crippen LogP) is 1.05. The largest absolute Gasteiger partial charge is 0.478 e. The van der Waals surface area contributed by atoms with Crippen LogP contribution in [0.3, 0.4) is 0 Å². The molecule has 0 atom stereocenters. The summed E-state index contributed by atoms with van der Waals surface area (Å²) in [6.07, 6.45) is 0.802. The van der Waals surface area contributed by atoms with E-state index in [9.17, 15) is 19.2 Å². The maximum atomic E-state index is 11.5. The Morgan fingerprint density at radius 3 is 1.81 bits per heavy atom. The fourth-order valence-electron chi connectivity index (χ4n) is 1.38. The van der Waals surface area contributed by atoms with Crippen LogP contribution in [0.5, 0.6) is 0 Å². The number of carbonyl (C=O) groups is 4. The summed E-state index contributed by atoms with van der Waals surface area (Å²) in [6, 6.07) is 3.08. The fourth-order valence-corrected chi connectivity index (χ4v) is 1.38. The minimum atomic E-state index is -1.36. The van der Waals surface area contributed by atoms with E-state index in [0.717, 1.165) is 24.3 Å². The van der Waals surface area contributed by atoms with Crippen LogP contribution in [0.4, 0.5) is 5.69 Å². The quantitative estimate of drug-likeness (QED) is 0.594. The standard InChI is InChI=1S/C13H11NO7/c1-6(11(16)17)2-10(15)14-9-4-7(12(18)19)3-8(5-9)13(20)21/h2-5H,1H3,(H,14,15)(H,16,17)(H,18,19)(H,20,21)/b6-2+. The summed E-state index contributed by atoms with van der Waals surface area (Å²) in [5.41, 5.74) is -0.916. The van der Waals surface area contributed by atoms with Crippen LogP contribution >= 0.6 is 0 Å². The Bertz CT molecular complexity index is 628. The van der Waals surface area contributed by atoms with Crippen LogP contribution < -0.4 is 5.32 Å². The molecule has 21 heavy (non-hydrogen) atoms. The number of benzene rings is 1. The summed E-state index contributed by atoms with van der Waals surface area (Å²) >= 11 is 0. The Morgan fingerprint density at radius 2 is 1.43 bits per heavy atom. The molecule has 1 rings (SSSR count). The second kappa shape index (κ2) is 6.33. The topological polar surface area (TPSA) is 141 Å². The summed E-state index contributed by atoms with van der Waals surface area (Å²) in [5, 5.41) is 28.6. The number of carboxylic acid groups (broad SMARTS) is 3. The van der Waals surface area contributed by atoms with E-state index in [0.29, 0.717) is 0 Å². The number of aliphatic carboxylic acids is 1. The van der Waals surface area contributed by atoms with Gasteiger partial charge in [0, 0.05) is 17.3 Å². The van der Waals surface area contributed by atoms with Gasteiger partial charge in [0.25, 0.3) is 0 Å². The molecular weight excluding hydrogens is 282 g/mol. The molecule has 0 unspecified atom stereocenters. The average molecular weight is 293 g/mol. The van der Waals surface area contributed by atoms with Crippen molar-refractivity contribution < 1.29 is 34.5 Å². The van der Waals surface area contributed by atoms with Crippen molar-refractivity contribution >= 4 is 29.5 Å². The SMILES string of the molecule is C/C(=C\C(=O)Nc1cc(C(=O)O)cc(C(=O)O)c1)C(=O)O. The number of carboxylic acids is 3. The third-order valence-corrected chi connectivity index (χ3v) is 2.38. The average Bonchev–Trinajstić information content (AvgIpc) is 2.37. The number of anilines is 1. The molecule has 0 fully saturated rings. The van der Waals surface area contributed by atoms with E-state index in [1.807, 2.05) is 0 Å². The lowest BCUT2D eigenvalue weighted by Crippen LogP contribution is -2.12. The molecule has 8 heteroatoms. The molecule has 0 bridgehead atoms. The van der Waals surface area contributed by atoms with E-state index in [1.54, 1.807) is 0 Å². The van der Waals surface area contributed by atoms with Crippen molar-refractivity contribution in [1.82, 2.24) is 0 Å². The van der Waals surface area contributed by atoms with E-state index in [1.165, 1.54) is 6.92 Å². The molecule has 4 N–H and O–H groups in total. The van der Waals surface area contributed by atoms with E-state index in [4.69, 9.17) is 15.3 Å². The lowest BCUT2D eigenvalue weighted by molar-refractivity contribution is -0.132. The van der Waals surface area contributed by atoms with E-state index >= 15 is 0 Å². The molecule has 0 heterocycles. The molecule has 0 saturated heterocycles. The number of amides is 1. The van der Waals surface area contributed by atoms with Crippen molar-refractivity contribution in [3.8, 4) is 0 Å². The zero-order valence-electron chi connectivity index (χ0n) is 10.8. The normalized spacial score (nSPS) is 10.8. The second-order valence-corrected chi connectivity index (χ2v) is 4.03. The first kappa shape index (κ1) is 15.9. The van der Waals surface area contributed by atoms with Crippen LogP contribution in [0.2, 0.25) is 0 Å². The van der Waals surface area contributed by atoms with Gasteiger partial charge in [0.05, 0.1) is 11.1 Å². The molecule has 0 radical (unpaired) electrons. The molecule has 1 aromatic rings. The molecule has 110 valence electrons. The van der Waals surface area contributed by atoms with Gasteiger partial charge in [-0.25, -0.2) is 14.4 Å². The Labute approximate surface area is 118 Å². The fraction of sp³-hybridized carbons (Fsp3) is 0.0769. The predicted molar refractivity (Wildman–Crippen MR) is 70.4 cm³/mol. The number of rotatable bonds is 5. The van der Waals surface area contributed by atoms with Crippen LogP contribution in [0.1, 0.15) is 27.6 Å². The van der Waals surface area contributed by atoms with Crippen molar-refractivity contribution in [3.05, 3.63) is 41.0 Å². The minimum absolute atomic E-state index is 0.0632. The van der Waals surface area contributed by atoms with Gasteiger partial charge in [0.1, 0.15) is 0 Å². The third kappa shape index (κ3) is 4.46. The summed E-state index contributed by atoms with van der Waals surface area (Å²) < 4.78 is 0. The third-order valence-electron chi connectivity index (χ3n) is 2.38. The van der Waals surface area contributed by atoms with E-state index in [2.05, 4.69) is 5.32 Å². The Hall–Kier alpha value is -3.16. The van der Waals surface area contributed by atoms with Crippen molar-refractivity contribution in [2.45, 2.75) is 6.92 Å². The highest BCUT2D eigenvalue weighted by molar-refractivity contribution is 6.05. The summed E-state index contributed by atoms with van der Waals surface area (Å²) in [4.78, 5) is 43.9. The maximum Gasteiger partial charge on any atom is 0.335 e. The maximum absolute atomic E-state index is 11.5. The van der Waals surface area contributed by atoms with Crippen LogP contribution in [-0.4, -0.2) is 39.1 Å². The highest BCUT2D eigenvalue weighted by atomic mass is 16.4. The molecular formula is C13H11NO7. The lowest BCUT2D eigenvalue weighted by Gasteiger charge is -2.06. The first-order valence-corrected chi connectivity index (χ1v) is 5.55. The van der Waals surface area contributed by atoms with Crippen molar-refractivity contribution in [3.63, 3.8) is 0 Å². The molecule has 0 aromatic heterocycles. The molecule has 8 nitrogen and oxygen atoms in total. The van der Waals surface area contributed by atoms with Crippen LogP contribution in [0.15, 0.2) is 29.8 Å². The van der Waals surface area contributed by atoms with Gasteiger partial charge in [-0.1, -0.05) is 0 Å². The monoisotopic (exact) mass is 293 g/mol. The van der Waals surface area contributed by atoms with Gasteiger partial charge in [-0.05, 0) is 25.1 Å². The van der Waals surface area contributed by atoms with Gasteiger partial charge in [0.2, 0.25) is 5.91 Å². The van der Waals surface area contributed by atoms with E-state index < -0.39 is 23.8 Å². The summed E-state index contributed by atoms with van der Waals surface area (Å²) in [5.74, 6) is -4.80. The molecule has 0 saturated carbocycles. The smallest absolute Gasteiger partial charge is 0.335 e. The van der Waals surface area contributed by atoms with Gasteiger partial charge >= 0.3 is 17.9 Å².